The molecule has 0 amide bonds. The summed E-state index contributed by atoms with van der Waals surface area (Å²) in [5.41, 5.74) is 1.27. The second-order valence-electron chi connectivity index (χ2n) is 4.99. The molecule has 2 heterocycles. The normalized spacial score (nSPS) is 13.0. The van der Waals surface area contributed by atoms with Crippen LogP contribution in [0.1, 0.15) is 27.4 Å². The molecular formula is C16H15BrO5. The standard InChI is InChI=1S/C16H15BrO5/c1-9-5-12(10(2)22-9)16(18)21-8-11-6-14-15(7-13(11)17)20-4-3-19-14/h5-7H,3-4,8H2,1-2H3. The monoisotopic (exact) mass is 366 g/mol. The van der Waals surface area contributed by atoms with Crippen molar-refractivity contribution in [2.75, 3.05) is 13.2 Å². The van der Waals surface area contributed by atoms with Gasteiger partial charge in [-0.2, -0.15) is 0 Å². The Morgan fingerprint density at radius 1 is 1.18 bits per heavy atom. The van der Waals surface area contributed by atoms with Crippen LogP contribution in [0.3, 0.4) is 0 Å². The minimum Gasteiger partial charge on any atom is -0.486 e. The van der Waals surface area contributed by atoms with E-state index in [0.29, 0.717) is 41.8 Å². The first-order chi connectivity index (χ1) is 10.5. The van der Waals surface area contributed by atoms with Crippen LogP contribution in [-0.4, -0.2) is 19.2 Å². The zero-order valence-electron chi connectivity index (χ0n) is 12.3. The minimum absolute atomic E-state index is 0.139. The van der Waals surface area contributed by atoms with Gasteiger partial charge >= 0.3 is 5.97 Å². The highest BCUT2D eigenvalue weighted by Crippen LogP contribution is 2.35. The van der Waals surface area contributed by atoms with Crippen molar-refractivity contribution in [1.82, 2.24) is 0 Å². The maximum absolute atomic E-state index is 12.1. The molecule has 0 aliphatic carbocycles. The highest BCUT2D eigenvalue weighted by atomic mass is 79.9. The molecule has 0 atom stereocenters. The predicted octanol–water partition coefficient (Wildman–Crippen LogP) is 3.79. The van der Waals surface area contributed by atoms with E-state index in [0.717, 1.165) is 10.0 Å². The van der Waals surface area contributed by atoms with Gasteiger partial charge in [0, 0.05) is 10.0 Å². The van der Waals surface area contributed by atoms with Crippen LogP contribution in [0.25, 0.3) is 0 Å². The summed E-state index contributed by atoms with van der Waals surface area (Å²) in [5.74, 6) is 2.19. The molecule has 0 radical (unpaired) electrons. The molecule has 0 N–H and O–H groups in total. The smallest absolute Gasteiger partial charge is 0.342 e. The molecular weight excluding hydrogens is 352 g/mol. The van der Waals surface area contributed by atoms with Gasteiger partial charge in [0.15, 0.2) is 11.5 Å². The number of ether oxygens (including phenoxy) is 3. The van der Waals surface area contributed by atoms with E-state index in [2.05, 4.69) is 15.9 Å². The number of halogens is 1. The quantitative estimate of drug-likeness (QED) is 0.773. The van der Waals surface area contributed by atoms with Crippen LogP contribution in [0, 0.1) is 13.8 Å². The van der Waals surface area contributed by atoms with Crippen molar-refractivity contribution in [2.24, 2.45) is 0 Å². The highest BCUT2D eigenvalue weighted by Gasteiger charge is 2.18. The molecule has 3 rings (SSSR count). The lowest BCUT2D eigenvalue weighted by Gasteiger charge is -2.19. The average Bonchev–Trinajstić information content (AvgIpc) is 2.83. The Balaban J connectivity index is 1.73. The zero-order chi connectivity index (χ0) is 15.7. The maximum atomic E-state index is 12.1. The van der Waals surface area contributed by atoms with Crippen LogP contribution in [0.15, 0.2) is 27.1 Å². The van der Waals surface area contributed by atoms with E-state index >= 15 is 0 Å². The van der Waals surface area contributed by atoms with Gasteiger partial charge in [0.2, 0.25) is 0 Å². The third kappa shape index (κ3) is 2.97. The first kappa shape index (κ1) is 15.0. The fourth-order valence-electron chi connectivity index (χ4n) is 2.27. The first-order valence-corrected chi connectivity index (χ1v) is 7.66. The lowest BCUT2D eigenvalue weighted by Crippen LogP contribution is -2.15. The molecule has 0 saturated heterocycles. The number of rotatable bonds is 3. The summed E-state index contributed by atoms with van der Waals surface area (Å²) < 4.78 is 22.5. The summed E-state index contributed by atoms with van der Waals surface area (Å²) >= 11 is 3.45. The molecule has 2 aromatic rings. The molecule has 5 nitrogen and oxygen atoms in total. The van der Waals surface area contributed by atoms with Crippen LogP contribution < -0.4 is 9.47 Å². The van der Waals surface area contributed by atoms with Crippen LogP contribution >= 0.6 is 15.9 Å². The molecule has 0 unspecified atom stereocenters. The van der Waals surface area contributed by atoms with Crippen LogP contribution in [0.2, 0.25) is 0 Å². The van der Waals surface area contributed by atoms with Gasteiger partial charge in [-0.1, -0.05) is 15.9 Å². The van der Waals surface area contributed by atoms with Crippen molar-refractivity contribution in [3.8, 4) is 11.5 Å². The summed E-state index contributed by atoms with van der Waals surface area (Å²) in [6, 6.07) is 5.32. The zero-order valence-corrected chi connectivity index (χ0v) is 13.9. The van der Waals surface area contributed by atoms with Gasteiger partial charge in [0.05, 0.1) is 0 Å². The summed E-state index contributed by atoms with van der Waals surface area (Å²) in [7, 11) is 0. The molecule has 1 aromatic carbocycles. The van der Waals surface area contributed by atoms with Crippen LogP contribution in [-0.2, 0) is 11.3 Å². The summed E-state index contributed by atoms with van der Waals surface area (Å²) in [6.07, 6.45) is 0. The number of carbonyl (C=O) groups excluding carboxylic acids is 1. The van der Waals surface area contributed by atoms with Crippen molar-refractivity contribution < 1.29 is 23.4 Å². The second-order valence-corrected chi connectivity index (χ2v) is 5.84. The highest BCUT2D eigenvalue weighted by molar-refractivity contribution is 9.10. The van der Waals surface area contributed by atoms with E-state index < -0.39 is 5.97 Å². The Bertz CT molecular complexity index is 720. The van der Waals surface area contributed by atoms with E-state index in [9.17, 15) is 4.79 Å². The van der Waals surface area contributed by atoms with Gasteiger partial charge in [0.1, 0.15) is 36.9 Å². The largest absolute Gasteiger partial charge is 0.486 e. The molecule has 0 spiro atoms. The lowest BCUT2D eigenvalue weighted by molar-refractivity contribution is 0.0469. The van der Waals surface area contributed by atoms with Gasteiger partial charge in [-0.05, 0) is 32.0 Å². The number of benzene rings is 1. The van der Waals surface area contributed by atoms with Crippen molar-refractivity contribution >= 4 is 21.9 Å². The van der Waals surface area contributed by atoms with Gasteiger partial charge in [-0.15, -0.1) is 0 Å². The predicted molar refractivity (Wildman–Crippen MR) is 82.4 cm³/mol. The third-order valence-electron chi connectivity index (χ3n) is 3.33. The first-order valence-electron chi connectivity index (χ1n) is 6.87. The summed E-state index contributed by atoms with van der Waals surface area (Å²) in [6.45, 7) is 4.72. The number of esters is 1. The number of hydrogen-bond donors (Lipinski definition) is 0. The molecule has 0 saturated carbocycles. The van der Waals surface area contributed by atoms with Crippen molar-refractivity contribution in [1.29, 1.82) is 0 Å². The second kappa shape index (κ2) is 6.04. The summed E-state index contributed by atoms with van der Waals surface area (Å²) in [5, 5.41) is 0. The number of furan rings is 1. The van der Waals surface area contributed by atoms with E-state index in [1.807, 2.05) is 12.1 Å². The molecule has 1 aliphatic heterocycles. The molecule has 0 fully saturated rings. The van der Waals surface area contributed by atoms with E-state index in [1.54, 1.807) is 19.9 Å². The Labute approximate surface area is 136 Å². The number of hydrogen-bond acceptors (Lipinski definition) is 5. The number of carbonyl (C=O) groups is 1. The van der Waals surface area contributed by atoms with E-state index in [4.69, 9.17) is 18.6 Å². The number of fused-ring (bicyclic) bond motifs is 1. The lowest BCUT2D eigenvalue weighted by atomic mass is 10.2. The van der Waals surface area contributed by atoms with Gasteiger partial charge in [0.25, 0.3) is 0 Å². The number of aryl methyl sites for hydroxylation is 2. The Hall–Kier alpha value is -1.95. The topological polar surface area (TPSA) is 57.9 Å². The van der Waals surface area contributed by atoms with Gasteiger partial charge in [-0.25, -0.2) is 4.79 Å². The molecule has 116 valence electrons. The Morgan fingerprint density at radius 3 is 2.50 bits per heavy atom. The van der Waals surface area contributed by atoms with Gasteiger partial charge in [-0.3, -0.25) is 0 Å². The minimum atomic E-state index is -0.406. The molecule has 6 heteroatoms. The maximum Gasteiger partial charge on any atom is 0.342 e. The molecule has 1 aliphatic rings. The van der Waals surface area contributed by atoms with Crippen molar-refractivity contribution in [2.45, 2.75) is 20.5 Å². The Kier molecular flexibility index (Phi) is 4.11. The van der Waals surface area contributed by atoms with Gasteiger partial charge < -0.3 is 18.6 Å². The van der Waals surface area contributed by atoms with Crippen molar-refractivity contribution in [3.05, 3.63) is 45.3 Å². The summed E-state index contributed by atoms with van der Waals surface area (Å²) in [4.78, 5) is 12.1. The van der Waals surface area contributed by atoms with E-state index in [1.165, 1.54) is 0 Å². The van der Waals surface area contributed by atoms with Crippen LogP contribution in [0.5, 0.6) is 11.5 Å². The van der Waals surface area contributed by atoms with E-state index in [-0.39, 0.29) is 6.61 Å². The average molecular weight is 367 g/mol. The van der Waals surface area contributed by atoms with Crippen molar-refractivity contribution in [3.63, 3.8) is 0 Å². The SMILES string of the molecule is Cc1cc(C(=O)OCc2cc3c(cc2Br)OCCO3)c(C)o1. The third-order valence-corrected chi connectivity index (χ3v) is 4.07. The molecule has 0 bridgehead atoms. The molecule has 22 heavy (non-hydrogen) atoms. The van der Waals surface area contributed by atoms with Crippen LogP contribution in [0.4, 0.5) is 0 Å². The molecule has 1 aromatic heterocycles. The fourth-order valence-corrected chi connectivity index (χ4v) is 2.71. The fraction of sp³-hybridized carbons (Fsp3) is 0.312. The Morgan fingerprint density at radius 2 is 1.86 bits per heavy atom.